The van der Waals surface area contributed by atoms with E-state index < -0.39 is 0 Å². The van der Waals surface area contributed by atoms with Crippen molar-refractivity contribution in [2.24, 2.45) is 0 Å². The van der Waals surface area contributed by atoms with Gasteiger partial charge >= 0.3 is 0 Å². The zero-order chi connectivity index (χ0) is 35.6. The van der Waals surface area contributed by atoms with E-state index in [2.05, 4.69) is 146 Å². The van der Waals surface area contributed by atoms with Crippen LogP contribution >= 0.6 is 0 Å². The number of para-hydroxylation sites is 3. The molecular formula is C50H30N4. The Bertz CT molecular complexity index is 3200. The Morgan fingerprint density at radius 3 is 1.52 bits per heavy atom. The molecule has 0 spiro atoms. The van der Waals surface area contributed by atoms with Crippen LogP contribution in [0.25, 0.3) is 110 Å². The summed E-state index contributed by atoms with van der Waals surface area (Å²) < 4.78 is 0. The van der Waals surface area contributed by atoms with Gasteiger partial charge in [0.25, 0.3) is 0 Å². The highest BCUT2D eigenvalue weighted by Gasteiger charge is 2.16. The number of benzene rings is 7. The topological polar surface area (TPSA) is 51.6 Å². The van der Waals surface area contributed by atoms with Crippen LogP contribution in [0.2, 0.25) is 0 Å². The van der Waals surface area contributed by atoms with Crippen molar-refractivity contribution in [3.63, 3.8) is 0 Å². The normalized spacial score (nSPS) is 11.7. The van der Waals surface area contributed by atoms with Crippen LogP contribution < -0.4 is 0 Å². The van der Waals surface area contributed by atoms with Crippen molar-refractivity contribution in [2.75, 3.05) is 0 Å². The highest BCUT2D eigenvalue weighted by Crippen LogP contribution is 2.39. The number of hydrogen-bond acceptors (Lipinski definition) is 4. The molecule has 0 aliphatic carbocycles. The van der Waals surface area contributed by atoms with Crippen molar-refractivity contribution in [1.82, 2.24) is 19.9 Å². The second kappa shape index (κ2) is 12.1. The highest BCUT2D eigenvalue weighted by molar-refractivity contribution is 6.22. The van der Waals surface area contributed by atoms with Gasteiger partial charge in [-0.1, -0.05) is 127 Å². The molecule has 11 rings (SSSR count). The lowest BCUT2D eigenvalue weighted by Gasteiger charge is -2.14. The lowest BCUT2D eigenvalue weighted by atomic mass is 9.92. The van der Waals surface area contributed by atoms with Crippen molar-refractivity contribution < 1.29 is 0 Å². The lowest BCUT2D eigenvalue weighted by Crippen LogP contribution is -1.95. The molecule has 4 heteroatoms. The van der Waals surface area contributed by atoms with E-state index in [9.17, 15) is 0 Å². The maximum atomic E-state index is 5.25. The summed E-state index contributed by atoms with van der Waals surface area (Å²) in [6.45, 7) is 0. The van der Waals surface area contributed by atoms with Gasteiger partial charge in [-0.25, -0.2) is 19.9 Å². The smallest absolute Gasteiger partial charge is 0.0900 e. The molecule has 54 heavy (non-hydrogen) atoms. The largest absolute Gasteiger partial charge is 0.247 e. The molecular weight excluding hydrogens is 657 g/mol. The first-order valence-electron chi connectivity index (χ1n) is 18.2. The maximum Gasteiger partial charge on any atom is 0.0900 e. The summed E-state index contributed by atoms with van der Waals surface area (Å²) in [7, 11) is 0. The van der Waals surface area contributed by atoms with Gasteiger partial charge in [0.2, 0.25) is 0 Å². The van der Waals surface area contributed by atoms with Gasteiger partial charge < -0.3 is 0 Å². The van der Waals surface area contributed by atoms with Gasteiger partial charge in [-0.2, -0.15) is 0 Å². The Hall–Kier alpha value is -7.30. The third-order valence-electron chi connectivity index (χ3n) is 10.6. The first kappa shape index (κ1) is 30.3. The first-order chi connectivity index (χ1) is 26.7. The third-order valence-corrected chi connectivity index (χ3v) is 10.6. The molecule has 0 atom stereocenters. The van der Waals surface area contributed by atoms with E-state index in [0.717, 1.165) is 88.6 Å². The summed E-state index contributed by atoms with van der Waals surface area (Å²) in [5.74, 6) is 0. The van der Waals surface area contributed by atoms with Crippen LogP contribution in [0.15, 0.2) is 182 Å². The lowest BCUT2D eigenvalue weighted by molar-refractivity contribution is 1.25. The van der Waals surface area contributed by atoms with Crippen molar-refractivity contribution in [3.05, 3.63) is 182 Å². The van der Waals surface area contributed by atoms with Gasteiger partial charge in [0.05, 0.1) is 45.0 Å². The van der Waals surface area contributed by atoms with Gasteiger partial charge in [-0.15, -0.1) is 0 Å². The fourth-order valence-electron chi connectivity index (χ4n) is 7.89. The molecule has 7 aromatic carbocycles. The third kappa shape index (κ3) is 5.07. The van der Waals surface area contributed by atoms with Crippen LogP contribution in [0.5, 0.6) is 0 Å². The number of fused-ring (bicyclic) bond motifs is 8. The van der Waals surface area contributed by atoms with Gasteiger partial charge in [-0.05, 0) is 87.3 Å². The fourth-order valence-corrected chi connectivity index (χ4v) is 7.89. The molecule has 0 amide bonds. The van der Waals surface area contributed by atoms with Crippen molar-refractivity contribution in [1.29, 1.82) is 0 Å². The van der Waals surface area contributed by atoms with E-state index in [1.807, 2.05) is 36.4 Å². The summed E-state index contributed by atoms with van der Waals surface area (Å²) >= 11 is 0. The summed E-state index contributed by atoms with van der Waals surface area (Å²) in [6.07, 6.45) is 0. The molecule has 0 N–H and O–H groups in total. The Morgan fingerprint density at radius 2 is 0.796 bits per heavy atom. The number of nitrogens with zero attached hydrogens (tertiary/aromatic N) is 4. The standard InChI is InChI=1S/C50H30N4/c1-2-12-34-28-37(18-17-31(34)9-1)50-41-24-20-36-27-35(19-23-39(36)49(41)40-13-5-8-16-44(40)54-50)38-29-47(45-25-21-32-10-3-6-14-42(32)51-45)53-48(30-38)46-26-22-33-11-4-7-15-43(33)52-46/h1-30H. The van der Waals surface area contributed by atoms with Crippen LogP contribution in [0.4, 0.5) is 0 Å². The Balaban J connectivity index is 1.11. The van der Waals surface area contributed by atoms with E-state index in [1.54, 1.807) is 0 Å². The molecule has 11 aromatic rings. The Labute approximate surface area is 311 Å². The molecule has 0 radical (unpaired) electrons. The number of hydrogen-bond donors (Lipinski definition) is 0. The maximum absolute atomic E-state index is 5.25. The Kier molecular flexibility index (Phi) is 6.82. The minimum Gasteiger partial charge on any atom is -0.247 e. The number of pyridine rings is 4. The van der Waals surface area contributed by atoms with Gasteiger partial charge in [-0.3, -0.25) is 0 Å². The molecule has 0 aliphatic rings. The number of aromatic nitrogens is 4. The van der Waals surface area contributed by atoms with Crippen LogP contribution in [0.3, 0.4) is 0 Å². The Morgan fingerprint density at radius 1 is 0.259 bits per heavy atom. The zero-order valence-electron chi connectivity index (χ0n) is 29.1. The zero-order valence-corrected chi connectivity index (χ0v) is 29.1. The summed E-state index contributed by atoms with van der Waals surface area (Å²) in [4.78, 5) is 20.5. The quantitative estimate of drug-likeness (QED) is 0.173. The van der Waals surface area contributed by atoms with Crippen LogP contribution in [0.1, 0.15) is 0 Å². The fraction of sp³-hybridized carbons (Fsp3) is 0. The highest BCUT2D eigenvalue weighted by atomic mass is 14.8. The van der Waals surface area contributed by atoms with Gasteiger partial charge in [0.1, 0.15) is 0 Å². The molecule has 4 aromatic heterocycles. The minimum atomic E-state index is 0.805. The molecule has 250 valence electrons. The SMILES string of the molecule is c1ccc2cc(-c3nc4ccccc4c4c3ccc3cc(-c5cc(-c6ccc7ccccc7n6)nc(-c6ccc7ccccc7n6)c5)ccc34)ccc2c1. The monoisotopic (exact) mass is 686 g/mol. The van der Waals surface area contributed by atoms with Gasteiger partial charge in [0.15, 0.2) is 0 Å². The number of rotatable bonds is 4. The van der Waals surface area contributed by atoms with E-state index in [0.29, 0.717) is 0 Å². The van der Waals surface area contributed by atoms with Crippen molar-refractivity contribution in [2.45, 2.75) is 0 Å². The van der Waals surface area contributed by atoms with E-state index >= 15 is 0 Å². The average Bonchev–Trinajstić information content (AvgIpc) is 3.25. The molecule has 0 saturated heterocycles. The predicted molar refractivity (Wildman–Crippen MR) is 224 cm³/mol. The minimum absolute atomic E-state index is 0.805. The first-order valence-corrected chi connectivity index (χ1v) is 18.2. The van der Waals surface area contributed by atoms with Gasteiger partial charge in [0, 0.05) is 32.5 Å². The van der Waals surface area contributed by atoms with E-state index in [4.69, 9.17) is 19.9 Å². The molecule has 0 fully saturated rings. The van der Waals surface area contributed by atoms with Crippen molar-refractivity contribution >= 4 is 65.0 Å². The molecule has 4 nitrogen and oxygen atoms in total. The second-order valence-corrected chi connectivity index (χ2v) is 13.9. The molecule has 0 unspecified atom stereocenters. The summed E-state index contributed by atoms with van der Waals surface area (Å²) in [5.41, 5.74) is 10.4. The predicted octanol–water partition coefficient (Wildman–Crippen LogP) is 12.9. The average molecular weight is 687 g/mol. The van der Waals surface area contributed by atoms with Crippen LogP contribution in [0, 0.1) is 0 Å². The second-order valence-electron chi connectivity index (χ2n) is 13.9. The summed E-state index contributed by atoms with van der Waals surface area (Å²) in [5, 5.41) is 10.5. The van der Waals surface area contributed by atoms with E-state index in [-0.39, 0.29) is 0 Å². The molecule has 0 aliphatic heterocycles. The van der Waals surface area contributed by atoms with Crippen molar-refractivity contribution in [3.8, 4) is 45.2 Å². The molecule has 4 heterocycles. The van der Waals surface area contributed by atoms with E-state index in [1.165, 1.54) is 21.5 Å². The van der Waals surface area contributed by atoms with Crippen LogP contribution in [-0.4, -0.2) is 19.9 Å². The van der Waals surface area contributed by atoms with Crippen LogP contribution in [-0.2, 0) is 0 Å². The molecule has 0 bridgehead atoms. The summed E-state index contributed by atoms with van der Waals surface area (Å²) in [6, 6.07) is 64.0. The molecule has 0 saturated carbocycles.